The standard InChI is InChI=1S/C28H39ClFN3O3Si/c1-34-18-26(36-19-28(9-11-31-12-10-28)22-5-7-24(30)8-6-22)25-16-23(29)15-21-17-33(32-27(21)25)20-35-13-14-37(2,3)4/h5-8,15-17,26,31H,9-14,18-20H2,1-4H3/q-1. The van der Waals surface area contributed by atoms with Crippen LogP contribution in [0.15, 0.2) is 42.6 Å². The van der Waals surface area contributed by atoms with Crippen molar-refractivity contribution in [2.45, 2.75) is 56.8 Å². The van der Waals surface area contributed by atoms with Crippen molar-refractivity contribution in [2.24, 2.45) is 0 Å². The minimum Gasteiger partial charge on any atom is -0.382 e. The lowest BCUT2D eigenvalue weighted by molar-refractivity contribution is -0.0311. The van der Waals surface area contributed by atoms with Gasteiger partial charge in [-0.1, -0.05) is 23.7 Å². The molecule has 2 aromatic carbocycles. The Bertz CT molecular complexity index is 1160. The van der Waals surface area contributed by atoms with Crippen LogP contribution in [0.25, 0.3) is 10.9 Å². The van der Waals surface area contributed by atoms with E-state index in [-0.39, 0.29) is 17.3 Å². The fourth-order valence-corrected chi connectivity index (χ4v) is 5.88. The van der Waals surface area contributed by atoms with E-state index in [1.807, 2.05) is 35.1 Å². The molecule has 3 aromatic rings. The number of ether oxygens (including phenoxy) is 3. The first-order valence-corrected chi connectivity index (χ1v) is 17.1. The molecule has 0 radical (unpaired) electrons. The summed E-state index contributed by atoms with van der Waals surface area (Å²) in [7, 11) is 0.520. The largest absolute Gasteiger partial charge is 0.382 e. The smallest absolute Gasteiger partial charge is 0.139 e. The second kappa shape index (κ2) is 12.4. The Morgan fingerprint density at radius 2 is 1.89 bits per heavy atom. The Morgan fingerprint density at radius 1 is 1.16 bits per heavy atom. The van der Waals surface area contributed by atoms with Crippen LogP contribution >= 0.6 is 11.6 Å². The minimum atomic E-state index is -1.15. The van der Waals surface area contributed by atoms with Crippen LogP contribution in [0.1, 0.15) is 30.1 Å². The number of rotatable bonds is 12. The average molecular weight is 548 g/mol. The van der Waals surface area contributed by atoms with Crippen LogP contribution in [0.3, 0.4) is 0 Å². The second-order valence-electron chi connectivity index (χ2n) is 11.2. The molecule has 37 heavy (non-hydrogen) atoms. The van der Waals surface area contributed by atoms with Crippen LogP contribution in [-0.4, -0.2) is 57.9 Å². The van der Waals surface area contributed by atoms with Gasteiger partial charge in [0.2, 0.25) is 0 Å². The topological polar surface area (TPSA) is 57.5 Å². The first-order valence-electron chi connectivity index (χ1n) is 13.0. The van der Waals surface area contributed by atoms with Gasteiger partial charge in [0, 0.05) is 41.3 Å². The number of hydrogen-bond acceptors (Lipinski definition) is 5. The number of fused-ring (bicyclic) bond motifs is 1. The third kappa shape index (κ3) is 7.40. The highest BCUT2D eigenvalue weighted by atomic mass is 35.5. The predicted molar refractivity (Wildman–Crippen MR) is 150 cm³/mol. The summed E-state index contributed by atoms with van der Waals surface area (Å²) in [6.07, 6.45) is 3.43. The molecule has 1 fully saturated rings. The van der Waals surface area contributed by atoms with E-state index in [0.717, 1.165) is 60.6 Å². The number of methoxy groups -OCH3 is 1. The zero-order valence-corrected chi connectivity index (χ0v) is 24.1. The maximum atomic E-state index is 13.7. The summed E-state index contributed by atoms with van der Waals surface area (Å²) in [6, 6.07) is 11.8. The molecule has 2 heterocycles. The summed E-state index contributed by atoms with van der Waals surface area (Å²) in [6.45, 7) is 10.8. The van der Waals surface area contributed by atoms with Gasteiger partial charge in [0.15, 0.2) is 0 Å². The first-order chi connectivity index (χ1) is 17.7. The van der Waals surface area contributed by atoms with Gasteiger partial charge in [0.25, 0.3) is 0 Å². The lowest BCUT2D eigenvalue weighted by Gasteiger charge is -2.39. The van der Waals surface area contributed by atoms with Gasteiger partial charge < -0.3 is 19.5 Å². The fourth-order valence-electron chi connectivity index (χ4n) is 4.89. The fraction of sp³-hybridized carbons (Fsp3) is 0.536. The molecule has 6 nitrogen and oxygen atoms in total. The Kier molecular flexibility index (Phi) is 9.42. The zero-order valence-electron chi connectivity index (χ0n) is 22.4. The molecule has 1 aliphatic rings. The van der Waals surface area contributed by atoms with Gasteiger partial charge in [-0.05, 0) is 55.8 Å². The molecule has 203 valence electrons. The number of nitrogens with zero attached hydrogens (tertiary/aromatic N) is 2. The Balaban J connectivity index is 1.56. The van der Waals surface area contributed by atoms with Gasteiger partial charge in [0.05, 0.1) is 18.7 Å². The summed E-state index contributed by atoms with van der Waals surface area (Å²) >= 11 is 6.54. The predicted octanol–water partition coefficient (Wildman–Crippen LogP) is 6.17. The molecule has 1 aromatic heterocycles. The summed E-state index contributed by atoms with van der Waals surface area (Å²) in [5, 5.41) is 9.83. The Hall–Kier alpha value is -1.81. The molecule has 0 saturated carbocycles. The van der Waals surface area contributed by atoms with Crippen molar-refractivity contribution in [2.75, 3.05) is 40.0 Å². The highest BCUT2D eigenvalue weighted by Crippen LogP contribution is 2.37. The molecule has 1 unspecified atom stereocenters. The molecule has 1 N–H and O–H groups in total. The van der Waals surface area contributed by atoms with Gasteiger partial charge in [0.1, 0.15) is 18.7 Å². The number of aromatic nitrogens is 2. The number of piperidine rings is 1. The van der Waals surface area contributed by atoms with Gasteiger partial charge in [-0.2, -0.15) is 24.7 Å². The molecule has 1 saturated heterocycles. The number of halogens is 2. The molecule has 1 atom stereocenters. The van der Waals surface area contributed by atoms with E-state index < -0.39 is 8.07 Å². The van der Waals surface area contributed by atoms with Crippen LogP contribution in [0, 0.1) is 5.82 Å². The molecule has 9 heteroatoms. The van der Waals surface area contributed by atoms with Crippen LogP contribution in [0.5, 0.6) is 0 Å². The molecule has 0 amide bonds. The van der Waals surface area contributed by atoms with Crippen LogP contribution < -0.4 is 5.32 Å². The van der Waals surface area contributed by atoms with Gasteiger partial charge in [-0.25, -0.2) is 9.07 Å². The summed E-state index contributed by atoms with van der Waals surface area (Å²) in [5.74, 6) is -0.229. The highest BCUT2D eigenvalue weighted by Gasteiger charge is 2.35. The lowest BCUT2D eigenvalue weighted by atomic mass is 9.74. The zero-order chi connectivity index (χ0) is 26.5. The van der Waals surface area contributed by atoms with Crippen molar-refractivity contribution < 1.29 is 18.6 Å². The van der Waals surface area contributed by atoms with E-state index >= 15 is 0 Å². The molecule has 4 rings (SSSR count). The van der Waals surface area contributed by atoms with Crippen LogP contribution in [-0.2, 0) is 26.4 Å². The van der Waals surface area contributed by atoms with Crippen molar-refractivity contribution in [3.8, 4) is 0 Å². The Labute approximate surface area is 225 Å². The van der Waals surface area contributed by atoms with Gasteiger partial charge in [-0.15, -0.1) is 14.1 Å². The minimum absolute atomic E-state index is 0.202. The maximum absolute atomic E-state index is 13.7. The lowest BCUT2D eigenvalue weighted by Crippen LogP contribution is -2.43. The second-order valence-corrected chi connectivity index (χ2v) is 17.3. The molecule has 0 spiro atoms. The van der Waals surface area contributed by atoms with E-state index in [0.29, 0.717) is 25.0 Å². The maximum Gasteiger partial charge on any atom is 0.139 e. The number of hydrogen-bond donors (Lipinski definition) is 1. The average Bonchev–Trinajstić information content (AvgIpc) is 3.27. The first kappa shape index (κ1) is 28.2. The quantitative estimate of drug-likeness (QED) is 0.217. The summed E-state index contributed by atoms with van der Waals surface area (Å²) < 4.78 is 33.6. The third-order valence-electron chi connectivity index (χ3n) is 7.11. The number of nitrogens with one attached hydrogen (secondary N) is 1. The van der Waals surface area contributed by atoms with Crippen molar-refractivity contribution in [3.05, 3.63) is 64.6 Å². The molecular weight excluding hydrogens is 509 g/mol. The monoisotopic (exact) mass is 547 g/mol. The van der Waals surface area contributed by atoms with Crippen LogP contribution in [0.4, 0.5) is 4.39 Å². The third-order valence-corrected chi connectivity index (χ3v) is 9.04. The normalized spacial score (nSPS) is 16.8. The van der Waals surface area contributed by atoms with Crippen LogP contribution in [0.2, 0.25) is 30.7 Å². The van der Waals surface area contributed by atoms with E-state index in [9.17, 15) is 4.39 Å². The Morgan fingerprint density at radius 3 is 2.57 bits per heavy atom. The SMILES string of the molecule is COCC(OCC1(c2ccc(F)cc2)CCNCC1)c1cc(Cl)cc2cn(COCC[Si-](C)(C)C)nc12. The molecule has 0 bridgehead atoms. The van der Waals surface area contributed by atoms with Gasteiger partial charge in [-0.3, -0.25) is 0 Å². The summed E-state index contributed by atoms with van der Waals surface area (Å²) in [5.41, 5.74) is 2.63. The molecular formula is C28H39ClFN3O3Si-. The van der Waals surface area contributed by atoms with E-state index in [2.05, 4.69) is 25.0 Å². The van der Waals surface area contributed by atoms with E-state index in [4.69, 9.17) is 30.9 Å². The van der Waals surface area contributed by atoms with E-state index in [1.54, 1.807) is 7.11 Å². The van der Waals surface area contributed by atoms with Crippen molar-refractivity contribution in [1.82, 2.24) is 15.1 Å². The molecule has 1 aliphatic heterocycles. The molecule has 0 aliphatic carbocycles. The number of benzene rings is 2. The van der Waals surface area contributed by atoms with Gasteiger partial charge >= 0.3 is 0 Å². The summed E-state index contributed by atoms with van der Waals surface area (Å²) in [4.78, 5) is 0. The van der Waals surface area contributed by atoms with E-state index in [1.165, 1.54) is 12.1 Å². The highest BCUT2D eigenvalue weighted by molar-refractivity contribution is 6.76. The van der Waals surface area contributed by atoms with Crippen molar-refractivity contribution in [1.29, 1.82) is 0 Å². The van der Waals surface area contributed by atoms with Crippen molar-refractivity contribution >= 4 is 30.6 Å². The van der Waals surface area contributed by atoms with Crippen molar-refractivity contribution in [3.63, 3.8) is 0 Å².